The summed E-state index contributed by atoms with van der Waals surface area (Å²) in [6, 6.07) is -0.291. The van der Waals surface area contributed by atoms with E-state index in [1.54, 1.807) is 18.7 Å². The van der Waals surface area contributed by atoms with Crippen molar-refractivity contribution in [2.75, 3.05) is 11.5 Å². The van der Waals surface area contributed by atoms with Gasteiger partial charge >= 0.3 is 0 Å². The molecule has 0 aromatic heterocycles. The molecule has 1 saturated heterocycles. The molecule has 4 N–H and O–H groups in total. The Morgan fingerprint density at radius 3 is 2.48 bits per heavy atom. The fourth-order valence-corrected chi connectivity index (χ4v) is 5.56. The molecule has 9 heteroatoms. The molecule has 4 rings (SSSR count). The highest BCUT2D eigenvalue weighted by atomic mass is 32.2. The van der Waals surface area contributed by atoms with Crippen molar-refractivity contribution < 1.29 is 34.4 Å². The van der Waals surface area contributed by atoms with Gasteiger partial charge in [-0.25, -0.2) is 0 Å². The van der Waals surface area contributed by atoms with Crippen LogP contribution in [0.1, 0.15) is 42.3 Å². The maximum Gasteiger partial charge on any atom is 0.194 e. The number of aliphatic hydroxyl groups excluding tert-OH is 1. The lowest BCUT2D eigenvalue weighted by atomic mass is 9.70. The van der Waals surface area contributed by atoms with Gasteiger partial charge in [0.15, 0.2) is 17.3 Å². The van der Waals surface area contributed by atoms with Crippen LogP contribution < -0.4 is 10.1 Å². The quantitative estimate of drug-likeness (QED) is 0.311. The van der Waals surface area contributed by atoms with Crippen LogP contribution >= 0.6 is 11.8 Å². The van der Waals surface area contributed by atoms with Crippen molar-refractivity contribution in [2.24, 2.45) is 0 Å². The van der Waals surface area contributed by atoms with E-state index in [9.17, 15) is 29.7 Å². The summed E-state index contributed by atoms with van der Waals surface area (Å²) in [4.78, 5) is 38.7. The molecule has 0 radical (unpaired) electrons. The van der Waals surface area contributed by atoms with Crippen LogP contribution in [0.4, 0.5) is 0 Å². The van der Waals surface area contributed by atoms with Crippen LogP contribution in [0.2, 0.25) is 0 Å². The van der Waals surface area contributed by atoms with Gasteiger partial charge in [0.05, 0.1) is 23.3 Å². The molecular formula is C22H23NO7S. The zero-order valence-corrected chi connectivity index (χ0v) is 18.3. The Kier molecular flexibility index (Phi) is 4.94. The molecule has 3 atom stereocenters. The number of thioether (sulfide) groups is 1. The maximum absolute atomic E-state index is 13.7. The number of carbonyl (C=O) groups excluding carboxylic acids is 3. The average molecular weight is 445 g/mol. The van der Waals surface area contributed by atoms with E-state index in [-0.39, 0.29) is 45.6 Å². The smallest absolute Gasteiger partial charge is 0.194 e. The number of aromatic hydroxyl groups is 2. The number of carbonyl (C=O) groups is 3. The molecule has 0 amide bonds. The van der Waals surface area contributed by atoms with Crippen LogP contribution in [0.5, 0.6) is 17.2 Å². The molecule has 1 aromatic rings. The number of hydrogen-bond donors (Lipinski definition) is 4. The van der Waals surface area contributed by atoms with E-state index in [4.69, 9.17) is 4.74 Å². The number of ether oxygens (including phenoxy) is 1. The zero-order chi connectivity index (χ0) is 22.8. The van der Waals surface area contributed by atoms with Crippen molar-refractivity contribution in [2.45, 2.75) is 45.3 Å². The third kappa shape index (κ3) is 2.90. The summed E-state index contributed by atoms with van der Waals surface area (Å²) in [6.45, 7) is 5.80. The largest absolute Gasteiger partial charge is 0.507 e. The number of hydrogen-bond acceptors (Lipinski definition) is 9. The van der Waals surface area contributed by atoms with Gasteiger partial charge in [0, 0.05) is 28.8 Å². The van der Waals surface area contributed by atoms with Gasteiger partial charge in [-0.15, -0.1) is 0 Å². The summed E-state index contributed by atoms with van der Waals surface area (Å²) >= 11 is 1.57. The van der Waals surface area contributed by atoms with E-state index in [1.807, 2.05) is 0 Å². The molecule has 0 unspecified atom stereocenters. The molecule has 0 saturated carbocycles. The van der Waals surface area contributed by atoms with Crippen LogP contribution in [-0.4, -0.2) is 56.3 Å². The minimum Gasteiger partial charge on any atom is -0.507 e. The highest BCUT2D eigenvalue weighted by molar-refractivity contribution is 7.99. The molecule has 31 heavy (non-hydrogen) atoms. The molecule has 1 fully saturated rings. The van der Waals surface area contributed by atoms with Crippen molar-refractivity contribution in [3.63, 3.8) is 0 Å². The molecule has 2 aliphatic heterocycles. The predicted molar refractivity (Wildman–Crippen MR) is 114 cm³/mol. The lowest BCUT2D eigenvalue weighted by Crippen LogP contribution is -2.43. The number of phenols is 2. The summed E-state index contributed by atoms with van der Waals surface area (Å²) in [7, 11) is 0. The second-order valence-electron chi connectivity index (χ2n) is 8.24. The molecule has 0 spiro atoms. The predicted octanol–water partition coefficient (Wildman–Crippen LogP) is 1.63. The average Bonchev–Trinajstić information content (AvgIpc) is 3.21. The normalized spacial score (nSPS) is 28.6. The number of nitrogens with one attached hydrogen (secondary N) is 1. The van der Waals surface area contributed by atoms with E-state index in [0.717, 1.165) is 0 Å². The fourth-order valence-electron chi connectivity index (χ4n) is 4.39. The Morgan fingerprint density at radius 2 is 1.90 bits per heavy atom. The summed E-state index contributed by atoms with van der Waals surface area (Å²) in [5, 5.41) is 34.4. The van der Waals surface area contributed by atoms with Gasteiger partial charge in [-0.05, 0) is 27.7 Å². The number of Topliss-reactive ketones (excluding diaryl/α,β-unsaturated/α-hetero) is 2. The van der Waals surface area contributed by atoms with Gasteiger partial charge in [0.2, 0.25) is 0 Å². The number of ketones is 3. The number of rotatable bonds is 3. The summed E-state index contributed by atoms with van der Waals surface area (Å²) < 4.78 is 5.73. The Labute approximate surface area is 183 Å². The Hall–Kier alpha value is -2.78. The first-order valence-corrected chi connectivity index (χ1v) is 11.0. The van der Waals surface area contributed by atoms with E-state index in [1.165, 1.54) is 26.8 Å². The lowest BCUT2D eigenvalue weighted by Gasteiger charge is -2.29. The fraction of sp³-hybridized carbons (Fsp3) is 0.409. The minimum absolute atomic E-state index is 0.00620. The third-order valence-electron chi connectivity index (χ3n) is 6.21. The highest BCUT2D eigenvalue weighted by Crippen LogP contribution is 2.57. The maximum atomic E-state index is 13.7. The van der Waals surface area contributed by atoms with Gasteiger partial charge in [-0.1, -0.05) is 0 Å². The van der Waals surface area contributed by atoms with Crippen molar-refractivity contribution in [3.05, 3.63) is 39.8 Å². The number of allylic oxidation sites excluding steroid dienone is 4. The first-order valence-electron chi connectivity index (χ1n) is 9.82. The van der Waals surface area contributed by atoms with Crippen molar-refractivity contribution in [3.8, 4) is 17.2 Å². The van der Waals surface area contributed by atoms with Gasteiger partial charge in [-0.3, -0.25) is 14.4 Å². The summed E-state index contributed by atoms with van der Waals surface area (Å²) in [5.41, 5.74) is -1.36. The van der Waals surface area contributed by atoms with Crippen LogP contribution in [-0.2, 0) is 15.0 Å². The minimum atomic E-state index is -1.54. The highest BCUT2D eigenvalue weighted by Gasteiger charge is 2.56. The van der Waals surface area contributed by atoms with E-state index >= 15 is 0 Å². The van der Waals surface area contributed by atoms with Gasteiger partial charge in [0.25, 0.3) is 0 Å². The SMILES string of the molecule is CC(=O)c1c(O)c(C)c(O)c2c1OC1=CC(=O)/C(=C(/C)N[C@@H]3CSC[C@H]3O)C(=O)[C@@]12C. The molecular weight excluding hydrogens is 422 g/mol. The van der Waals surface area contributed by atoms with E-state index in [0.29, 0.717) is 17.2 Å². The summed E-state index contributed by atoms with van der Waals surface area (Å²) in [6.07, 6.45) is 0.580. The van der Waals surface area contributed by atoms with Gasteiger partial charge in [0.1, 0.15) is 34.0 Å². The van der Waals surface area contributed by atoms with Crippen molar-refractivity contribution >= 4 is 29.1 Å². The van der Waals surface area contributed by atoms with E-state index in [2.05, 4.69) is 5.32 Å². The lowest BCUT2D eigenvalue weighted by molar-refractivity contribution is -0.123. The second-order valence-corrected chi connectivity index (χ2v) is 9.32. The zero-order valence-electron chi connectivity index (χ0n) is 17.5. The standard InChI is InChI=1S/C22H23NO7S/c1-8-18(27)16(10(3)24)20-17(19(8)28)22(4)14(30-20)5-12(25)15(21(22)29)9(2)23-11-6-31-7-13(11)26/h5,11,13,23,26-28H,6-7H2,1-4H3/b15-9+/t11-,13-,22+/m1/s1. The molecule has 1 aliphatic carbocycles. The Morgan fingerprint density at radius 1 is 1.23 bits per heavy atom. The van der Waals surface area contributed by atoms with Crippen molar-refractivity contribution in [1.29, 1.82) is 0 Å². The second kappa shape index (κ2) is 7.13. The van der Waals surface area contributed by atoms with E-state index < -0.39 is 34.6 Å². The third-order valence-corrected chi connectivity index (χ3v) is 7.38. The topological polar surface area (TPSA) is 133 Å². The Balaban J connectivity index is 1.90. The van der Waals surface area contributed by atoms with Crippen LogP contribution in [0.25, 0.3) is 0 Å². The molecule has 0 bridgehead atoms. The Bertz CT molecular complexity index is 1120. The van der Waals surface area contributed by atoms with Crippen molar-refractivity contribution in [1.82, 2.24) is 5.32 Å². The first kappa shape index (κ1) is 21.5. The number of benzene rings is 1. The van der Waals surface area contributed by atoms with Crippen LogP contribution in [0.3, 0.4) is 0 Å². The number of phenolic OH excluding ortho intramolecular Hbond substituents is 2. The first-order chi connectivity index (χ1) is 14.5. The molecule has 3 aliphatic rings. The van der Waals surface area contributed by atoms with Gasteiger partial charge in [-0.2, -0.15) is 11.8 Å². The van der Waals surface area contributed by atoms with Crippen LogP contribution in [0.15, 0.2) is 23.1 Å². The van der Waals surface area contributed by atoms with Gasteiger partial charge < -0.3 is 25.4 Å². The summed E-state index contributed by atoms with van der Waals surface area (Å²) in [5.74, 6) is -1.36. The number of aliphatic hydroxyl groups is 1. The monoisotopic (exact) mass is 445 g/mol. The number of fused-ring (bicyclic) bond motifs is 3. The molecule has 2 heterocycles. The molecule has 1 aromatic carbocycles. The van der Waals surface area contributed by atoms with Crippen LogP contribution in [0, 0.1) is 6.92 Å². The molecule has 164 valence electrons. The molecule has 8 nitrogen and oxygen atoms in total.